The van der Waals surface area contributed by atoms with E-state index in [0.717, 1.165) is 38.2 Å². The summed E-state index contributed by atoms with van der Waals surface area (Å²) < 4.78 is 5.41. The second kappa shape index (κ2) is 5.74. The molecule has 2 rings (SSSR count). The molecule has 0 spiro atoms. The second-order valence-electron chi connectivity index (χ2n) is 4.77. The molecule has 0 N–H and O–H groups in total. The van der Waals surface area contributed by atoms with E-state index in [1.165, 1.54) is 11.1 Å². The third-order valence-corrected chi connectivity index (χ3v) is 3.78. The molecule has 1 aromatic carbocycles. The molecule has 94 valence electrons. The van der Waals surface area contributed by atoms with Gasteiger partial charge in [0, 0.05) is 17.5 Å². The van der Waals surface area contributed by atoms with Crippen molar-refractivity contribution in [2.45, 2.75) is 31.7 Å². The number of hydrogen-bond acceptors (Lipinski definition) is 2. The number of halogens is 1. The molecular weight excluding hydrogens is 234 g/mol. The first-order chi connectivity index (χ1) is 8.19. The van der Waals surface area contributed by atoms with E-state index in [1.807, 2.05) is 0 Å². The molecule has 0 aliphatic carbocycles. The van der Waals surface area contributed by atoms with Gasteiger partial charge in [-0.15, -0.1) is 11.6 Å². The predicted octanol–water partition coefficient (Wildman–Crippen LogP) is 3.21. The molecule has 2 nitrogen and oxygen atoms in total. The van der Waals surface area contributed by atoms with Gasteiger partial charge in [0.15, 0.2) is 0 Å². The number of aryl methyl sites for hydroxylation is 1. The molecule has 1 saturated heterocycles. The summed E-state index contributed by atoms with van der Waals surface area (Å²) in [7, 11) is 1.74. The molecule has 17 heavy (non-hydrogen) atoms. The Morgan fingerprint density at radius 1 is 1.35 bits per heavy atom. The molecule has 0 unspecified atom stereocenters. The van der Waals surface area contributed by atoms with Gasteiger partial charge in [-0.1, -0.05) is 17.7 Å². The average Bonchev–Trinajstić information content (AvgIpc) is 2.32. The fourth-order valence-corrected chi connectivity index (χ4v) is 2.53. The lowest BCUT2D eigenvalue weighted by atomic mass is 10.1. The molecule has 0 radical (unpaired) electrons. The quantitative estimate of drug-likeness (QED) is 0.767. The highest BCUT2D eigenvalue weighted by Crippen LogP contribution is 2.24. The number of ether oxygens (including phenoxy) is 1. The lowest BCUT2D eigenvalue weighted by molar-refractivity contribution is 0.220. The van der Waals surface area contributed by atoms with Gasteiger partial charge in [0.25, 0.3) is 0 Å². The number of alkyl halides is 1. The van der Waals surface area contributed by atoms with Crippen molar-refractivity contribution in [1.29, 1.82) is 0 Å². The molecule has 0 bridgehead atoms. The molecule has 1 aliphatic heterocycles. The number of nitrogens with zero attached hydrogens (tertiary/aromatic N) is 1. The third kappa shape index (κ3) is 3.36. The van der Waals surface area contributed by atoms with Crippen LogP contribution in [-0.4, -0.2) is 30.5 Å². The Kier molecular flexibility index (Phi) is 4.30. The Morgan fingerprint density at radius 2 is 2.06 bits per heavy atom. The fraction of sp³-hybridized carbons (Fsp3) is 0.571. The van der Waals surface area contributed by atoms with E-state index in [9.17, 15) is 0 Å². The summed E-state index contributed by atoms with van der Waals surface area (Å²) >= 11 is 6.12. The average molecular weight is 254 g/mol. The van der Waals surface area contributed by atoms with Crippen LogP contribution < -0.4 is 4.74 Å². The number of rotatable bonds is 3. The molecule has 3 heteroatoms. The summed E-state index contributed by atoms with van der Waals surface area (Å²) in [6.07, 6.45) is 2.19. The second-order valence-corrected chi connectivity index (χ2v) is 5.38. The molecule has 1 aliphatic rings. The maximum absolute atomic E-state index is 6.12. The van der Waals surface area contributed by atoms with Gasteiger partial charge in [0.1, 0.15) is 5.75 Å². The van der Waals surface area contributed by atoms with Crippen LogP contribution in [0.15, 0.2) is 18.2 Å². The van der Waals surface area contributed by atoms with E-state index in [1.54, 1.807) is 7.11 Å². The number of benzene rings is 1. The number of likely N-dealkylation sites (tertiary alicyclic amines) is 1. The lowest BCUT2D eigenvalue weighted by Gasteiger charge is -2.29. The fourth-order valence-electron chi connectivity index (χ4n) is 2.33. The van der Waals surface area contributed by atoms with Crippen molar-refractivity contribution in [3.05, 3.63) is 29.3 Å². The van der Waals surface area contributed by atoms with E-state index in [0.29, 0.717) is 5.38 Å². The molecule has 1 fully saturated rings. The van der Waals surface area contributed by atoms with Crippen LogP contribution in [0.5, 0.6) is 5.75 Å². The summed E-state index contributed by atoms with van der Waals surface area (Å²) in [5.41, 5.74) is 2.56. The minimum absolute atomic E-state index is 0.366. The summed E-state index contributed by atoms with van der Waals surface area (Å²) in [6.45, 7) is 5.26. The number of methoxy groups -OCH3 is 1. The van der Waals surface area contributed by atoms with Crippen LogP contribution in [-0.2, 0) is 6.54 Å². The SMILES string of the molecule is COc1ccc(C)cc1CN1CCC(Cl)CC1. The highest BCUT2D eigenvalue weighted by Gasteiger charge is 2.18. The minimum Gasteiger partial charge on any atom is -0.496 e. The standard InChI is InChI=1S/C14H20ClNO/c1-11-3-4-14(17-2)12(9-11)10-16-7-5-13(15)6-8-16/h3-4,9,13H,5-8,10H2,1-2H3. The molecular formula is C14H20ClNO. The first-order valence-electron chi connectivity index (χ1n) is 6.19. The van der Waals surface area contributed by atoms with E-state index in [4.69, 9.17) is 16.3 Å². The van der Waals surface area contributed by atoms with Crippen molar-refractivity contribution in [1.82, 2.24) is 4.90 Å². The van der Waals surface area contributed by atoms with Gasteiger partial charge in [-0.2, -0.15) is 0 Å². The normalized spacial score (nSPS) is 18.3. The van der Waals surface area contributed by atoms with Gasteiger partial charge in [0.05, 0.1) is 7.11 Å². The van der Waals surface area contributed by atoms with Crippen molar-refractivity contribution in [2.24, 2.45) is 0 Å². The van der Waals surface area contributed by atoms with Crippen LogP contribution >= 0.6 is 11.6 Å². The zero-order chi connectivity index (χ0) is 12.3. The van der Waals surface area contributed by atoms with Crippen LogP contribution in [0.1, 0.15) is 24.0 Å². The van der Waals surface area contributed by atoms with Crippen molar-refractivity contribution >= 4 is 11.6 Å². The molecule has 1 aromatic rings. The Hall–Kier alpha value is -0.730. The summed E-state index contributed by atoms with van der Waals surface area (Å²) in [4.78, 5) is 2.45. The summed E-state index contributed by atoms with van der Waals surface area (Å²) in [5, 5.41) is 0.366. The molecule has 0 aromatic heterocycles. The molecule has 0 saturated carbocycles. The van der Waals surface area contributed by atoms with E-state index in [2.05, 4.69) is 30.0 Å². The minimum atomic E-state index is 0.366. The molecule has 0 atom stereocenters. The van der Waals surface area contributed by atoms with Crippen LogP contribution in [0.4, 0.5) is 0 Å². The monoisotopic (exact) mass is 253 g/mol. The Bertz CT molecular complexity index is 372. The van der Waals surface area contributed by atoms with Gasteiger partial charge < -0.3 is 4.74 Å². The number of hydrogen-bond donors (Lipinski definition) is 0. The van der Waals surface area contributed by atoms with Crippen LogP contribution in [0.2, 0.25) is 0 Å². The maximum atomic E-state index is 6.12. The number of piperidine rings is 1. The van der Waals surface area contributed by atoms with Crippen molar-refractivity contribution < 1.29 is 4.74 Å². The highest BCUT2D eigenvalue weighted by atomic mass is 35.5. The van der Waals surface area contributed by atoms with E-state index < -0.39 is 0 Å². The molecule has 1 heterocycles. The lowest BCUT2D eigenvalue weighted by Crippen LogP contribution is -2.33. The zero-order valence-electron chi connectivity index (χ0n) is 10.6. The van der Waals surface area contributed by atoms with Crippen LogP contribution in [0.3, 0.4) is 0 Å². The molecule has 0 amide bonds. The van der Waals surface area contributed by atoms with E-state index >= 15 is 0 Å². The summed E-state index contributed by atoms with van der Waals surface area (Å²) in [5.74, 6) is 0.989. The topological polar surface area (TPSA) is 12.5 Å². The van der Waals surface area contributed by atoms with E-state index in [-0.39, 0.29) is 0 Å². The largest absolute Gasteiger partial charge is 0.496 e. The Balaban J connectivity index is 2.04. The first kappa shape index (κ1) is 12.7. The van der Waals surface area contributed by atoms with Gasteiger partial charge in [-0.3, -0.25) is 4.90 Å². The highest BCUT2D eigenvalue weighted by molar-refractivity contribution is 6.20. The smallest absolute Gasteiger partial charge is 0.123 e. The van der Waals surface area contributed by atoms with Crippen LogP contribution in [0.25, 0.3) is 0 Å². The predicted molar refractivity (Wildman–Crippen MR) is 71.9 cm³/mol. The van der Waals surface area contributed by atoms with Gasteiger partial charge in [-0.05, 0) is 38.9 Å². The van der Waals surface area contributed by atoms with Crippen molar-refractivity contribution in [3.63, 3.8) is 0 Å². The Morgan fingerprint density at radius 3 is 2.71 bits per heavy atom. The summed E-state index contributed by atoms with van der Waals surface area (Å²) in [6, 6.07) is 6.36. The van der Waals surface area contributed by atoms with Crippen LogP contribution in [0, 0.1) is 6.92 Å². The van der Waals surface area contributed by atoms with Gasteiger partial charge >= 0.3 is 0 Å². The first-order valence-corrected chi connectivity index (χ1v) is 6.62. The third-order valence-electron chi connectivity index (χ3n) is 3.35. The van der Waals surface area contributed by atoms with Crippen molar-refractivity contribution in [2.75, 3.05) is 20.2 Å². The zero-order valence-corrected chi connectivity index (χ0v) is 11.3. The van der Waals surface area contributed by atoms with Gasteiger partial charge in [0.2, 0.25) is 0 Å². The Labute approximate surface area is 109 Å². The maximum Gasteiger partial charge on any atom is 0.123 e. The van der Waals surface area contributed by atoms with Crippen molar-refractivity contribution in [3.8, 4) is 5.75 Å². The van der Waals surface area contributed by atoms with Gasteiger partial charge in [-0.25, -0.2) is 0 Å².